The third-order valence-corrected chi connectivity index (χ3v) is 9.57. The van der Waals surface area contributed by atoms with E-state index >= 15 is 0 Å². The predicted molar refractivity (Wildman–Crippen MR) is 197 cm³/mol. The Kier molecular flexibility index (Phi) is 12.6. The van der Waals surface area contributed by atoms with Gasteiger partial charge in [-0.25, -0.2) is 19.3 Å². The summed E-state index contributed by atoms with van der Waals surface area (Å²) < 4.78 is 13.1. The lowest BCUT2D eigenvalue weighted by atomic mass is 10.2. The number of carbonyl (C=O) groups is 2. The highest BCUT2D eigenvalue weighted by Gasteiger charge is 2.17. The molecule has 0 saturated carbocycles. The van der Waals surface area contributed by atoms with Gasteiger partial charge in [-0.2, -0.15) is 0 Å². The SMILES string of the molecule is Cc1nc(-c2ccc(F)cc2)sc1C(=O)NCCN(C)c1ccccc1.Cc1nc(-c2ccccn2)sc1C(=O)NCCNc1cnccn1. The minimum atomic E-state index is -0.289. The van der Waals surface area contributed by atoms with Crippen LogP contribution in [0.1, 0.15) is 30.7 Å². The number of hydrogen-bond donors (Lipinski definition) is 3. The van der Waals surface area contributed by atoms with Crippen molar-refractivity contribution in [3.8, 4) is 21.3 Å². The number of amides is 2. The van der Waals surface area contributed by atoms with Gasteiger partial charge in [-0.1, -0.05) is 24.3 Å². The summed E-state index contributed by atoms with van der Waals surface area (Å²) >= 11 is 2.67. The van der Waals surface area contributed by atoms with Gasteiger partial charge in [0.05, 0.1) is 23.3 Å². The molecule has 0 atom stereocenters. The van der Waals surface area contributed by atoms with Crippen LogP contribution in [-0.2, 0) is 0 Å². The number of rotatable bonds is 12. The van der Waals surface area contributed by atoms with Gasteiger partial charge in [-0.3, -0.25) is 19.6 Å². The van der Waals surface area contributed by atoms with Gasteiger partial charge < -0.3 is 20.9 Å². The number of pyridine rings is 1. The van der Waals surface area contributed by atoms with Gasteiger partial charge in [0.15, 0.2) is 0 Å². The first-order valence-corrected chi connectivity index (χ1v) is 17.4. The lowest BCUT2D eigenvalue weighted by Gasteiger charge is -2.19. The average Bonchev–Trinajstić information content (AvgIpc) is 3.74. The highest BCUT2D eigenvalue weighted by atomic mass is 32.1. The largest absolute Gasteiger partial charge is 0.373 e. The molecule has 0 fully saturated rings. The molecule has 11 nitrogen and oxygen atoms in total. The molecule has 2 aromatic carbocycles. The summed E-state index contributed by atoms with van der Waals surface area (Å²) in [5, 5.41) is 10.4. The van der Waals surface area contributed by atoms with Crippen LogP contribution in [0, 0.1) is 19.7 Å². The zero-order valence-electron chi connectivity index (χ0n) is 27.8. The lowest BCUT2D eigenvalue weighted by molar-refractivity contribution is 0.0949. The predicted octanol–water partition coefficient (Wildman–Crippen LogP) is 6.27. The molecule has 0 saturated heterocycles. The van der Waals surface area contributed by atoms with E-state index < -0.39 is 0 Å². The van der Waals surface area contributed by atoms with Crippen LogP contribution in [-0.4, -0.2) is 70.0 Å². The molecule has 2 amide bonds. The smallest absolute Gasteiger partial charge is 0.263 e. The maximum Gasteiger partial charge on any atom is 0.263 e. The summed E-state index contributed by atoms with van der Waals surface area (Å²) in [7, 11) is 1.99. The Morgan fingerprint density at radius 2 is 1.40 bits per heavy atom. The van der Waals surface area contributed by atoms with Crippen molar-refractivity contribution in [2.75, 3.05) is 43.4 Å². The number of aromatic nitrogens is 5. The van der Waals surface area contributed by atoms with Crippen LogP contribution in [0.3, 0.4) is 0 Å². The fourth-order valence-electron chi connectivity index (χ4n) is 4.60. The molecule has 0 bridgehead atoms. The Labute approximate surface area is 297 Å². The second kappa shape index (κ2) is 17.7. The fraction of sp³-hybridized carbons (Fsp3) is 0.194. The van der Waals surface area contributed by atoms with Crippen molar-refractivity contribution in [1.82, 2.24) is 35.6 Å². The average molecular weight is 710 g/mol. The molecule has 6 aromatic rings. The molecule has 0 aliphatic carbocycles. The van der Waals surface area contributed by atoms with Gasteiger partial charge in [-0.15, -0.1) is 22.7 Å². The van der Waals surface area contributed by atoms with E-state index in [0.717, 1.165) is 22.0 Å². The summed E-state index contributed by atoms with van der Waals surface area (Å²) in [6.07, 6.45) is 6.57. The van der Waals surface area contributed by atoms with E-state index in [2.05, 4.69) is 45.8 Å². The summed E-state index contributed by atoms with van der Waals surface area (Å²) in [6.45, 7) is 5.93. The van der Waals surface area contributed by atoms with Crippen molar-refractivity contribution >= 4 is 46.0 Å². The Morgan fingerprint density at radius 1 is 0.740 bits per heavy atom. The Morgan fingerprint density at radius 3 is 2.06 bits per heavy atom. The Bertz CT molecular complexity index is 1970. The first kappa shape index (κ1) is 35.7. The minimum Gasteiger partial charge on any atom is -0.373 e. The van der Waals surface area contributed by atoms with E-state index in [9.17, 15) is 14.0 Å². The van der Waals surface area contributed by atoms with E-state index in [-0.39, 0.29) is 17.6 Å². The molecule has 4 aromatic heterocycles. The summed E-state index contributed by atoms with van der Waals surface area (Å²) in [6, 6.07) is 21.8. The van der Waals surface area contributed by atoms with Crippen LogP contribution in [0.25, 0.3) is 21.3 Å². The highest BCUT2D eigenvalue weighted by molar-refractivity contribution is 7.17. The third kappa shape index (κ3) is 9.96. The number of aryl methyl sites for hydroxylation is 2. The minimum absolute atomic E-state index is 0.130. The second-order valence-electron chi connectivity index (χ2n) is 10.9. The molecular formula is C36H36FN9O2S2. The van der Waals surface area contributed by atoms with Gasteiger partial charge in [0.1, 0.15) is 31.4 Å². The first-order chi connectivity index (χ1) is 24.3. The van der Waals surface area contributed by atoms with Crippen molar-refractivity contribution in [2.24, 2.45) is 0 Å². The van der Waals surface area contributed by atoms with E-state index in [4.69, 9.17) is 0 Å². The quantitative estimate of drug-likeness (QED) is 0.126. The summed E-state index contributed by atoms with van der Waals surface area (Å²) in [4.78, 5) is 49.3. The molecule has 0 unspecified atom stereocenters. The fourth-order valence-corrected chi connectivity index (χ4v) is 6.54. The molecule has 256 valence electrons. The molecule has 4 heterocycles. The van der Waals surface area contributed by atoms with Crippen molar-refractivity contribution in [2.45, 2.75) is 13.8 Å². The lowest BCUT2D eigenvalue weighted by Crippen LogP contribution is -2.32. The number of halogens is 1. The van der Waals surface area contributed by atoms with E-state index in [0.29, 0.717) is 58.1 Å². The van der Waals surface area contributed by atoms with Crippen LogP contribution in [0.2, 0.25) is 0 Å². The number of nitrogens with one attached hydrogen (secondary N) is 3. The number of nitrogens with zero attached hydrogens (tertiary/aromatic N) is 6. The zero-order valence-corrected chi connectivity index (χ0v) is 29.4. The Hall–Kier alpha value is -5.60. The molecule has 3 N–H and O–H groups in total. The van der Waals surface area contributed by atoms with Crippen LogP contribution in [0.15, 0.2) is 97.6 Å². The number of para-hydroxylation sites is 1. The highest BCUT2D eigenvalue weighted by Crippen LogP contribution is 2.28. The third-order valence-electron chi connectivity index (χ3n) is 7.19. The maximum absolute atomic E-state index is 13.1. The molecule has 0 aliphatic rings. The van der Waals surface area contributed by atoms with Crippen molar-refractivity contribution in [3.63, 3.8) is 0 Å². The molecule has 0 spiro atoms. The van der Waals surface area contributed by atoms with Gasteiger partial charge in [-0.05, 0) is 62.4 Å². The van der Waals surface area contributed by atoms with Gasteiger partial charge in [0.2, 0.25) is 0 Å². The van der Waals surface area contributed by atoms with Gasteiger partial charge in [0, 0.05) is 63.1 Å². The molecule has 0 radical (unpaired) electrons. The van der Waals surface area contributed by atoms with Crippen LogP contribution >= 0.6 is 22.7 Å². The number of hydrogen-bond acceptors (Lipinski definition) is 11. The van der Waals surface area contributed by atoms with Crippen molar-refractivity contribution in [3.05, 3.63) is 125 Å². The van der Waals surface area contributed by atoms with Crippen LogP contribution in [0.4, 0.5) is 15.9 Å². The standard InChI is InChI=1S/C20H20FN3OS.C16H16N6OS/c1-14-18(26-20(23-14)15-8-10-16(21)11-9-15)19(25)22-12-13-24(2)17-6-4-3-5-7-17;1-11-14(24-16(22-11)12-4-2-3-5-18-12)15(23)21-9-8-20-13-10-17-6-7-19-13/h3-11H,12-13H2,1-2H3,(H,22,25);2-7,10H,8-9H2,1H3,(H,19,20)(H,21,23). The van der Waals surface area contributed by atoms with E-state index in [1.54, 1.807) is 36.9 Å². The second-order valence-corrected chi connectivity index (χ2v) is 12.9. The van der Waals surface area contributed by atoms with Crippen molar-refractivity contribution in [1.29, 1.82) is 0 Å². The zero-order chi connectivity index (χ0) is 35.3. The molecule has 6 rings (SSSR count). The summed E-state index contributed by atoms with van der Waals surface area (Å²) in [5.41, 5.74) is 4.08. The van der Waals surface area contributed by atoms with E-state index in [1.165, 1.54) is 34.8 Å². The molecular weight excluding hydrogens is 674 g/mol. The van der Waals surface area contributed by atoms with Gasteiger partial charge in [0.25, 0.3) is 11.8 Å². The monoisotopic (exact) mass is 709 g/mol. The topological polar surface area (TPSA) is 138 Å². The number of thiazole rings is 2. The van der Waals surface area contributed by atoms with Crippen LogP contribution < -0.4 is 20.9 Å². The number of carbonyl (C=O) groups excluding carboxylic acids is 2. The first-order valence-electron chi connectivity index (χ1n) is 15.7. The maximum atomic E-state index is 13.1. The van der Waals surface area contributed by atoms with Crippen molar-refractivity contribution < 1.29 is 14.0 Å². The molecule has 50 heavy (non-hydrogen) atoms. The molecule has 14 heteroatoms. The van der Waals surface area contributed by atoms with Gasteiger partial charge >= 0.3 is 0 Å². The number of anilines is 2. The van der Waals surface area contributed by atoms with Crippen LogP contribution in [0.5, 0.6) is 0 Å². The normalized spacial score (nSPS) is 10.5. The molecule has 0 aliphatic heterocycles. The Balaban J connectivity index is 0.000000195. The number of benzene rings is 2. The van der Waals surface area contributed by atoms with E-state index in [1.807, 2.05) is 69.4 Å². The number of likely N-dealkylation sites (N-methyl/N-ethyl adjacent to an activating group) is 1. The summed E-state index contributed by atoms with van der Waals surface area (Å²) in [5.74, 6) is 0.128.